The average molecular weight is 537 g/mol. The summed E-state index contributed by atoms with van der Waals surface area (Å²) in [6.45, 7) is 6.20. The number of rotatable bonds is 6. The van der Waals surface area contributed by atoms with Gasteiger partial charge in [-0.3, -0.25) is 4.79 Å². The van der Waals surface area contributed by atoms with Crippen molar-refractivity contribution in [1.82, 2.24) is 4.90 Å². The van der Waals surface area contributed by atoms with E-state index in [1.54, 1.807) is 12.1 Å². The zero-order valence-electron chi connectivity index (χ0n) is 22.1. The van der Waals surface area contributed by atoms with Crippen molar-refractivity contribution >= 4 is 40.0 Å². The summed E-state index contributed by atoms with van der Waals surface area (Å²) in [5.74, 6) is -1.48. The van der Waals surface area contributed by atoms with E-state index in [-0.39, 0.29) is 17.1 Å². The number of carbonyl (C=O) groups excluding carboxylic acids is 1. The standard InChI is InChI=1S/C29H34F2N6O2/c1-35-7-2-8-36(10-9-35)23-4-6-27(32)25(19-23)29(38)34-28-18-21(3-5-26(28)31)33-22-15-20(30)16-24(17-22)37-11-13-39-14-12-37/h3-6,15-19,33H,2,7-14,32H2,1H3,(H,34,38). The van der Waals surface area contributed by atoms with E-state index in [0.29, 0.717) is 43.4 Å². The van der Waals surface area contributed by atoms with Crippen molar-refractivity contribution in [3.05, 3.63) is 71.8 Å². The number of hydrogen-bond donors (Lipinski definition) is 3. The SMILES string of the molecule is CN1CCCN(c2ccc(N)c(C(=O)Nc3cc(Nc4cc(F)cc(N5CCOCC5)c4)ccc3F)c2)CC1. The quantitative estimate of drug-likeness (QED) is 0.400. The summed E-state index contributed by atoms with van der Waals surface area (Å²) >= 11 is 0. The monoisotopic (exact) mass is 536 g/mol. The molecule has 0 radical (unpaired) electrons. The van der Waals surface area contributed by atoms with Gasteiger partial charge in [0, 0.05) is 61.2 Å². The van der Waals surface area contributed by atoms with Crippen LogP contribution in [0.2, 0.25) is 0 Å². The molecule has 2 fully saturated rings. The van der Waals surface area contributed by atoms with Gasteiger partial charge in [-0.2, -0.15) is 0 Å². The van der Waals surface area contributed by atoms with Crippen LogP contribution in [0.25, 0.3) is 0 Å². The number of morpholine rings is 1. The first kappa shape index (κ1) is 26.7. The van der Waals surface area contributed by atoms with E-state index in [9.17, 15) is 13.6 Å². The Hall–Kier alpha value is -3.89. The first-order valence-corrected chi connectivity index (χ1v) is 13.2. The Morgan fingerprint density at radius 3 is 2.46 bits per heavy atom. The van der Waals surface area contributed by atoms with Crippen LogP contribution in [-0.2, 0) is 4.74 Å². The van der Waals surface area contributed by atoms with Crippen molar-refractivity contribution in [2.75, 3.05) is 85.7 Å². The number of amides is 1. The molecule has 2 aliphatic heterocycles. The number of likely N-dealkylation sites (N-methyl/N-ethyl adjacent to an activating group) is 1. The molecule has 1 amide bonds. The number of anilines is 6. The molecule has 0 spiro atoms. The van der Waals surface area contributed by atoms with E-state index in [0.717, 1.165) is 44.0 Å². The van der Waals surface area contributed by atoms with Crippen LogP contribution in [0, 0.1) is 11.6 Å². The lowest BCUT2D eigenvalue weighted by molar-refractivity contribution is 0.102. The van der Waals surface area contributed by atoms with Gasteiger partial charge in [0.15, 0.2) is 0 Å². The van der Waals surface area contributed by atoms with E-state index in [4.69, 9.17) is 10.5 Å². The molecular weight excluding hydrogens is 502 g/mol. The third kappa shape index (κ3) is 6.58. The van der Waals surface area contributed by atoms with Crippen LogP contribution < -0.4 is 26.2 Å². The Balaban J connectivity index is 1.32. The molecule has 0 aromatic heterocycles. The van der Waals surface area contributed by atoms with Gasteiger partial charge < -0.3 is 35.8 Å². The molecule has 2 aliphatic rings. The molecule has 39 heavy (non-hydrogen) atoms. The van der Waals surface area contributed by atoms with E-state index in [2.05, 4.69) is 32.4 Å². The Labute approximate surface area is 227 Å². The van der Waals surface area contributed by atoms with Gasteiger partial charge in [-0.15, -0.1) is 0 Å². The Morgan fingerprint density at radius 1 is 0.846 bits per heavy atom. The molecule has 0 bridgehead atoms. The lowest BCUT2D eigenvalue weighted by atomic mass is 10.1. The molecule has 4 N–H and O–H groups in total. The fourth-order valence-electron chi connectivity index (χ4n) is 4.95. The topological polar surface area (TPSA) is 86.1 Å². The van der Waals surface area contributed by atoms with Crippen LogP contribution >= 0.6 is 0 Å². The minimum atomic E-state index is -0.590. The van der Waals surface area contributed by atoms with E-state index in [1.165, 1.54) is 30.3 Å². The minimum Gasteiger partial charge on any atom is -0.398 e. The van der Waals surface area contributed by atoms with Gasteiger partial charge in [0.25, 0.3) is 5.91 Å². The number of halogens is 2. The van der Waals surface area contributed by atoms with Crippen molar-refractivity contribution in [3.63, 3.8) is 0 Å². The number of hydrogen-bond acceptors (Lipinski definition) is 7. The van der Waals surface area contributed by atoms with Crippen molar-refractivity contribution < 1.29 is 18.3 Å². The van der Waals surface area contributed by atoms with Crippen molar-refractivity contribution in [2.45, 2.75) is 6.42 Å². The van der Waals surface area contributed by atoms with Crippen LogP contribution in [0.15, 0.2) is 54.6 Å². The van der Waals surface area contributed by atoms with E-state index in [1.807, 2.05) is 12.1 Å². The average Bonchev–Trinajstić information content (AvgIpc) is 3.15. The van der Waals surface area contributed by atoms with Gasteiger partial charge in [0.2, 0.25) is 0 Å². The summed E-state index contributed by atoms with van der Waals surface area (Å²) in [6.07, 6.45) is 1.02. The zero-order valence-corrected chi connectivity index (χ0v) is 22.1. The van der Waals surface area contributed by atoms with Crippen LogP contribution in [0.3, 0.4) is 0 Å². The molecule has 8 nitrogen and oxygen atoms in total. The normalized spacial score (nSPS) is 16.6. The molecular formula is C29H34F2N6O2. The first-order chi connectivity index (χ1) is 18.9. The van der Waals surface area contributed by atoms with Crippen LogP contribution in [0.4, 0.5) is 42.9 Å². The molecule has 0 atom stereocenters. The molecule has 5 rings (SSSR count). The summed E-state index contributed by atoms with van der Waals surface area (Å²) in [5, 5.41) is 5.79. The summed E-state index contributed by atoms with van der Waals surface area (Å²) in [4.78, 5) is 19.8. The van der Waals surface area contributed by atoms with E-state index >= 15 is 0 Å². The van der Waals surface area contributed by atoms with Gasteiger partial charge in [0.1, 0.15) is 11.6 Å². The maximum absolute atomic E-state index is 14.7. The number of carbonyl (C=O) groups is 1. The predicted molar refractivity (Wildman–Crippen MR) is 152 cm³/mol. The number of nitrogens with two attached hydrogens (primary N) is 1. The van der Waals surface area contributed by atoms with Crippen molar-refractivity contribution in [1.29, 1.82) is 0 Å². The van der Waals surface area contributed by atoms with Gasteiger partial charge in [0.05, 0.1) is 24.5 Å². The Bertz CT molecular complexity index is 1330. The highest BCUT2D eigenvalue weighted by molar-refractivity contribution is 6.08. The Morgan fingerprint density at radius 2 is 1.64 bits per heavy atom. The number of nitrogens with one attached hydrogen (secondary N) is 2. The predicted octanol–water partition coefficient (Wildman–Crippen LogP) is 4.52. The molecule has 3 aromatic carbocycles. The molecule has 2 saturated heterocycles. The third-order valence-corrected chi connectivity index (χ3v) is 7.13. The number of benzene rings is 3. The summed E-state index contributed by atoms with van der Waals surface area (Å²) in [7, 11) is 2.10. The summed E-state index contributed by atoms with van der Waals surface area (Å²) < 4.78 is 34.5. The maximum Gasteiger partial charge on any atom is 0.257 e. The maximum atomic E-state index is 14.7. The van der Waals surface area contributed by atoms with Gasteiger partial charge in [-0.25, -0.2) is 8.78 Å². The number of ether oxygens (including phenoxy) is 1. The van der Waals surface area contributed by atoms with Crippen molar-refractivity contribution in [3.8, 4) is 0 Å². The lowest BCUT2D eigenvalue weighted by Crippen LogP contribution is -2.36. The number of nitrogen functional groups attached to an aromatic ring is 1. The highest BCUT2D eigenvalue weighted by Gasteiger charge is 2.18. The molecule has 2 heterocycles. The van der Waals surface area contributed by atoms with E-state index < -0.39 is 11.7 Å². The lowest BCUT2D eigenvalue weighted by Gasteiger charge is -2.29. The van der Waals surface area contributed by atoms with Crippen LogP contribution in [0.1, 0.15) is 16.8 Å². The van der Waals surface area contributed by atoms with Crippen LogP contribution in [0.5, 0.6) is 0 Å². The summed E-state index contributed by atoms with van der Waals surface area (Å²) in [5.41, 5.74) is 9.39. The molecule has 10 heteroatoms. The molecule has 0 aliphatic carbocycles. The largest absolute Gasteiger partial charge is 0.398 e. The van der Waals surface area contributed by atoms with Gasteiger partial charge in [-0.1, -0.05) is 0 Å². The van der Waals surface area contributed by atoms with Crippen molar-refractivity contribution in [2.24, 2.45) is 0 Å². The molecule has 0 saturated carbocycles. The first-order valence-electron chi connectivity index (χ1n) is 13.2. The fraction of sp³-hybridized carbons (Fsp3) is 0.345. The summed E-state index contributed by atoms with van der Waals surface area (Å²) in [6, 6.07) is 14.3. The van der Waals surface area contributed by atoms with Gasteiger partial charge >= 0.3 is 0 Å². The van der Waals surface area contributed by atoms with Gasteiger partial charge in [-0.05, 0) is 74.6 Å². The molecule has 3 aromatic rings. The zero-order chi connectivity index (χ0) is 27.4. The highest BCUT2D eigenvalue weighted by Crippen LogP contribution is 2.29. The number of nitrogens with zero attached hydrogens (tertiary/aromatic N) is 3. The molecule has 0 unspecified atom stereocenters. The second kappa shape index (κ2) is 11.9. The highest BCUT2D eigenvalue weighted by atomic mass is 19.1. The smallest absolute Gasteiger partial charge is 0.257 e. The third-order valence-electron chi connectivity index (χ3n) is 7.13. The second-order valence-electron chi connectivity index (χ2n) is 9.99. The Kier molecular flexibility index (Phi) is 8.13. The molecule has 206 valence electrons. The minimum absolute atomic E-state index is 0.00370. The fourth-order valence-corrected chi connectivity index (χ4v) is 4.95. The van der Waals surface area contributed by atoms with Crippen LogP contribution in [-0.4, -0.2) is 70.3 Å². The second-order valence-corrected chi connectivity index (χ2v) is 9.99.